The Hall–Kier alpha value is -0.610. The van der Waals surface area contributed by atoms with E-state index in [1.54, 1.807) is 6.07 Å². The third-order valence-electron chi connectivity index (χ3n) is 1.74. The first-order valence-corrected chi connectivity index (χ1v) is 5.05. The van der Waals surface area contributed by atoms with Gasteiger partial charge in [-0.2, -0.15) is 0 Å². The summed E-state index contributed by atoms with van der Waals surface area (Å²) < 4.78 is 13.5. The number of rotatable bonds is 2. The molecule has 0 aliphatic carbocycles. The lowest BCUT2D eigenvalue weighted by Crippen LogP contribution is -2.34. The predicted molar refractivity (Wildman–Crippen MR) is 57.7 cm³/mol. The Morgan fingerprint density at radius 1 is 1.50 bits per heavy atom. The molecular weight excluding hydrogens is 249 g/mol. The van der Waals surface area contributed by atoms with Crippen LogP contribution in [0, 0.1) is 5.82 Å². The molecule has 0 amide bonds. The van der Waals surface area contributed by atoms with E-state index < -0.39 is 5.82 Å². The van der Waals surface area contributed by atoms with Gasteiger partial charge in [-0.1, -0.05) is 0 Å². The van der Waals surface area contributed by atoms with Crippen LogP contribution in [0.4, 0.5) is 4.39 Å². The van der Waals surface area contributed by atoms with Gasteiger partial charge < -0.3 is 10.8 Å². The van der Waals surface area contributed by atoms with E-state index in [0.29, 0.717) is 10.9 Å². The average molecular weight is 262 g/mol. The quantitative estimate of drug-likeness (QED) is 0.860. The zero-order chi connectivity index (χ0) is 10.9. The van der Waals surface area contributed by atoms with E-state index >= 15 is 0 Å². The van der Waals surface area contributed by atoms with E-state index in [1.165, 1.54) is 6.07 Å². The van der Waals surface area contributed by atoms with Crippen LogP contribution >= 0.6 is 15.9 Å². The maximum absolute atomic E-state index is 13.1. The topological polar surface area (TPSA) is 46.2 Å². The summed E-state index contributed by atoms with van der Waals surface area (Å²) in [5.74, 6) is -0.984. The van der Waals surface area contributed by atoms with Crippen molar-refractivity contribution >= 4 is 15.9 Å². The number of aromatic hydroxyl groups is 1. The molecule has 14 heavy (non-hydrogen) atoms. The van der Waals surface area contributed by atoms with Crippen molar-refractivity contribution in [3.05, 3.63) is 28.0 Å². The monoisotopic (exact) mass is 261 g/mol. The molecule has 0 bridgehead atoms. The average Bonchev–Trinajstić information content (AvgIpc) is 1.96. The summed E-state index contributed by atoms with van der Waals surface area (Å²) in [5, 5.41) is 9.18. The maximum Gasteiger partial charge on any atom is 0.166 e. The summed E-state index contributed by atoms with van der Waals surface area (Å²) >= 11 is 3.07. The number of hydrogen-bond donors (Lipinski definition) is 2. The Morgan fingerprint density at radius 3 is 2.50 bits per heavy atom. The lowest BCUT2D eigenvalue weighted by Gasteiger charge is -2.18. The van der Waals surface area contributed by atoms with Crippen LogP contribution in [-0.2, 0) is 6.42 Å². The van der Waals surface area contributed by atoms with Gasteiger partial charge in [0.2, 0.25) is 0 Å². The summed E-state index contributed by atoms with van der Waals surface area (Å²) in [7, 11) is 0. The Kier molecular flexibility index (Phi) is 3.17. The van der Waals surface area contributed by atoms with Crippen LogP contribution in [0.25, 0.3) is 0 Å². The molecule has 0 spiro atoms. The molecule has 0 heterocycles. The molecule has 0 atom stereocenters. The zero-order valence-corrected chi connectivity index (χ0v) is 9.73. The number of halogens is 2. The first-order valence-electron chi connectivity index (χ1n) is 4.25. The number of hydrogen-bond acceptors (Lipinski definition) is 2. The number of phenolic OH excluding ortho intramolecular Hbond substituents is 1. The van der Waals surface area contributed by atoms with Gasteiger partial charge in [-0.15, -0.1) is 0 Å². The summed E-state index contributed by atoms with van der Waals surface area (Å²) in [5.41, 5.74) is 6.18. The minimum Gasteiger partial charge on any atom is -0.504 e. The summed E-state index contributed by atoms with van der Waals surface area (Å²) in [6.07, 6.45) is 0.558. The van der Waals surface area contributed by atoms with E-state index in [9.17, 15) is 9.50 Å². The van der Waals surface area contributed by atoms with Gasteiger partial charge in [0.1, 0.15) is 0 Å². The fraction of sp³-hybridized carbons (Fsp3) is 0.400. The fourth-order valence-corrected chi connectivity index (χ4v) is 1.73. The highest BCUT2D eigenvalue weighted by molar-refractivity contribution is 9.10. The molecule has 2 nitrogen and oxygen atoms in total. The smallest absolute Gasteiger partial charge is 0.166 e. The molecule has 0 unspecified atom stereocenters. The van der Waals surface area contributed by atoms with Gasteiger partial charge >= 0.3 is 0 Å². The highest BCUT2D eigenvalue weighted by Gasteiger charge is 2.14. The van der Waals surface area contributed by atoms with Crippen LogP contribution in [0.15, 0.2) is 16.6 Å². The molecule has 0 saturated carbocycles. The van der Waals surface area contributed by atoms with Gasteiger partial charge in [0.05, 0.1) is 4.47 Å². The molecule has 1 aromatic rings. The van der Waals surface area contributed by atoms with E-state index in [0.717, 1.165) is 5.56 Å². The Morgan fingerprint density at radius 2 is 2.07 bits per heavy atom. The van der Waals surface area contributed by atoms with Crippen molar-refractivity contribution in [3.8, 4) is 5.75 Å². The largest absolute Gasteiger partial charge is 0.504 e. The lowest BCUT2D eigenvalue weighted by molar-refractivity contribution is 0.427. The highest BCUT2D eigenvalue weighted by Crippen LogP contribution is 2.29. The van der Waals surface area contributed by atoms with E-state index in [4.69, 9.17) is 5.73 Å². The van der Waals surface area contributed by atoms with Gasteiger partial charge in [-0.3, -0.25) is 0 Å². The van der Waals surface area contributed by atoms with Gasteiger partial charge in [0.15, 0.2) is 11.6 Å². The van der Waals surface area contributed by atoms with Crippen molar-refractivity contribution in [3.63, 3.8) is 0 Å². The molecule has 0 fully saturated rings. The van der Waals surface area contributed by atoms with E-state index in [2.05, 4.69) is 15.9 Å². The zero-order valence-electron chi connectivity index (χ0n) is 8.14. The lowest BCUT2D eigenvalue weighted by atomic mass is 9.96. The molecule has 0 radical (unpaired) electrons. The Labute approximate surface area is 91.1 Å². The van der Waals surface area contributed by atoms with Gasteiger partial charge in [0, 0.05) is 5.54 Å². The summed E-state index contributed by atoms with van der Waals surface area (Å²) in [4.78, 5) is 0. The molecule has 0 aromatic heterocycles. The molecule has 0 aliphatic heterocycles. The molecule has 0 saturated heterocycles. The molecule has 78 valence electrons. The Bertz CT molecular complexity index is 323. The van der Waals surface area contributed by atoms with Crippen LogP contribution < -0.4 is 5.73 Å². The summed E-state index contributed by atoms with van der Waals surface area (Å²) in [6.45, 7) is 3.73. The van der Waals surface area contributed by atoms with Gasteiger partial charge in [0.25, 0.3) is 0 Å². The second-order valence-corrected chi connectivity index (χ2v) is 4.93. The van der Waals surface area contributed by atoms with Gasteiger partial charge in [-0.25, -0.2) is 4.39 Å². The van der Waals surface area contributed by atoms with Crippen molar-refractivity contribution in [2.75, 3.05) is 0 Å². The number of phenols is 1. The van der Waals surface area contributed by atoms with Crippen LogP contribution in [0.3, 0.4) is 0 Å². The fourth-order valence-electron chi connectivity index (χ4n) is 1.25. The van der Waals surface area contributed by atoms with E-state index in [-0.39, 0.29) is 11.3 Å². The normalized spacial score (nSPS) is 11.8. The predicted octanol–water partition coefficient (Wildman–Crippen LogP) is 2.57. The minimum atomic E-state index is -0.626. The number of benzene rings is 1. The second kappa shape index (κ2) is 3.87. The SMILES string of the molecule is CC(C)(N)Cc1cc(F)c(O)c(Br)c1. The van der Waals surface area contributed by atoms with E-state index in [1.807, 2.05) is 13.8 Å². The molecule has 3 N–H and O–H groups in total. The summed E-state index contributed by atoms with van der Waals surface area (Å²) in [6, 6.07) is 2.97. The standard InChI is InChI=1S/C10H13BrFNO/c1-10(2,13)5-6-3-7(11)9(14)8(12)4-6/h3-4,14H,5,13H2,1-2H3. The molecule has 1 rings (SSSR count). The van der Waals surface area contributed by atoms with Crippen molar-refractivity contribution in [2.45, 2.75) is 25.8 Å². The van der Waals surface area contributed by atoms with Crippen molar-refractivity contribution in [2.24, 2.45) is 5.73 Å². The second-order valence-electron chi connectivity index (χ2n) is 4.07. The first-order chi connectivity index (χ1) is 6.29. The van der Waals surface area contributed by atoms with Crippen LogP contribution in [0.2, 0.25) is 0 Å². The van der Waals surface area contributed by atoms with Crippen molar-refractivity contribution in [1.29, 1.82) is 0 Å². The van der Waals surface area contributed by atoms with Crippen LogP contribution in [-0.4, -0.2) is 10.6 Å². The molecule has 0 aliphatic rings. The molecule has 1 aromatic carbocycles. The van der Waals surface area contributed by atoms with Crippen LogP contribution in [0.1, 0.15) is 19.4 Å². The molecule has 4 heteroatoms. The highest BCUT2D eigenvalue weighted by atomic mass is 79.9. The third kappa shape index (κ3) is 2.96. The third-order valence-corrected chi connectivity index (χ3v) is 2.34. The van der Waals surface area contributed by atoms with Crippen molar-refractivity contribution in [1.82, 2.24) is 0 Å². The minimum absolute atomic E-state index is 0.358. The molecular formula is C10H13BrFNO. The Balaban J connectivity index is 3.02. The van der Waals surface area contributed by atoms with Gasteiger partial charge in [-0.05, 0) is 53.9 Å². The maximum atomic E-state index is 13.1. The van der Waals surface area contributed by atoms with Crippen LogP contribution in [0.5, 0.6) is 5.75 Å². The first kappa shape index (κ1) is 11.5. The van der Waals surface area contributed by atoms with Crippen molar-refractivity contribution < 1.29 is 9.50 Å². The number of nitrogens with two attached hydrogens (primary N) is 1.